The quantitative estimate of drug-likeness (QED) is 0.295. The third kappa shape index (κ3) is 5.87. The number of ether oxygens (including phenoxy) is 1. The van der Waals surface area contributed by atoms with Crippen molar-refractivity contribution in [2.24, 2.45) is 4.99 Å². The second-order valence-corrected chi connectivity index (χ2v) is 11.3. The molecule has 10 heteroatoms. The normalized spacial score (nSPS) is 12.3. The fourth-order valence-corrected chi connectivity index (χ4v) is 5.93. The fraction of sp³-hybridized carbons (Fsp3) is 0.231. The summed E-state index contributed by atoms with van der Waals surface area (Å²) >= 11 is 7.30. The summed E-state index contributed by atoms with van der Waals surface area (Å²) in [5, 5.41) is 0.438. The van der Waals surface area contributed by atoms with Gasteiger partial charge in [0, 0.05) is 29.4 Å². The molecule has 0 aliphatic rings. The molecule has 4 rings (SSSR count). The first kappa shape index (κ1) is 26.1. The van der Waals surface area contributed by atoms with Crippen molar-refractivity contribution >= 4 is 54.8 Å². The molecular weight excluding hydrogens is 518 g/mol. The highest BCUT2D eigenvalue weighted by atomic mass is 35.5. The van der Waals surface area contributed by atoms with E-state index >= 15 is 0 Å². The zero-order valence-electron chi connectivity index (χ0n) is 20.1. The predicted octanol–water partition coefficient (Wildman–Crippen LogP) is 5.55. The number of nitrogens with one attached hydrogen (secondary N) is 1. The molecule has 0 spiro atoms. The Kier molecular flexibility index (Phi) is 7.94. The lowest BCUT2D eigenvalue weighted by Gasteiger charge is -2.09. The van der Waals surface area contributed by atoms with Gasteiger partial charge in [-0.3, -0.25) is 9.52 Å². The number of benzene rings is 3. The van der Waals surface area contributed by atoms with Crippen molar-refractivity contribution in [3.8, 4) is 0 Å². The van der Waals surface area contributed by atoms with E-state index in [-0.39, 0.29) is 16.1 Å². The third-order valence-electron chi connectivity index (χ3n) is 5.64. The molecule has 0 fully saturated rings. The predicted molar refractivity (Wildman–Crippen MR) is 144 cm³/mol. The monoisotopic (exact) mass is 543 g/mol. The Morgan fingerprint density at radius 2 is 1.81 bits per heavy atom. The highest BCUT2D eigenvalue weighted by molar-refractivity contribution is 7.92. The second kappa shape index (κ2) is 11.0. The van der Waals surface area contributed by atoms with Crippen LogP contribution in [0.25, 0.3) is 10.2 Å². The van der Waals surface area contributed by atoms with Crippen molar-refractivity contribution in [3.63, 3.8) is 0 Å². The Morgan fingerprint density at radius 3 is 2.53 bits per heavy atom. The average Bonchev–Trinajstić information content (AvgIpc) is 3.15. The van der Waals surface area contributed by atoms with Crippen LogP contribution in [0, 0.1) is 13.8 Å². The molecule has 1 heterocycles. The van der Waals surface area contributed by atoms with Crippen molar-refractivity contribution < 1.29 is 17.9 Å². The van der Waals surface area contributed by atoms with Crippen LogP contribution in [0.5, 0.6) is 0 Å². The van der Waals surface area contributed by atoms with E-state index in [1.807, 2.05) is 11.5 Å². The first-order valence-corrected chi connectivity index (χ1v) is 14.0. The molecule has 188 valence electrons. The number of rotatable bonds is 8. The molecular formula is C26H26ClN3O4S2. The van der Waals surface area contributed by atoms with Crippen molar-refractivity contribution in [2.45, 2.75) is 32.2 Å². The van der Waals surface area contributed by atoms with Crippen LogP contribution in [0.1, 0.15) is 28.4 Å². The Hall–Kier alpha value is -2.98. The molecule has 0 aliphatic carbocycles. The third-order valence-corrected chi connectivity index (χ3v) is 8.33. The second-order valence-electron chi connectivity index (χ2n) is 8.19. The van der Waals surface area contributed by atoms with Crippen LogP contribution in [-0.4, -0.2) is 32.1 Å². The Bertz CT molecular complexity index is 1590. The van der Waals surface area contributed by atoms with Gasteiger partial charge in [-0.05, 0) is 86.5 Å². The van der Waals surface area contributed by atoms with Crippen molar-refractivity contribution in [1.29, 1.82) is 0 Å². The van der Waals surface area contributed by atoms with E-state index in [9.17, 15) is 13.2 Å². The minimum atomic E-state index is -3.84. The lowest BCUT2D eigenvalue weighted by Crippen LogP contribution is -2.20. The number of hydrogen-bond donors (Lipinski definition) is 1. The van der Waals surface area contributed by atoms with Gasteiger partial charge in [0.2, 0.25) is 0 Å². The minimum Gasteiger partial charge on any atom is -0.380 e. The lowest BCUT2D eigenvalue weighted by molar-refractivity contribution is 0.0996. The zero-order valence-corrected chi connectivity index (χ0v) is 22.5. The first-order chi connectivity index (χ1) is 17.2. The number of anilines is 1. The van der Waals surface area contributed by atoms with Gasteiger partial charge < -0.3 is 9.30 Å². The number of aromatic nitrogens is 1. The van der Waals surface area contributed by atoms with Gasteiger partial charge in [-0.1, -0.05) is 29.0 Å². The zero-order chi connectivity index (χ0) is 25.9. The summed E-state index contributed by atoms with van der Waals surface area (Å²) in [7, 11) is -3.84. The number of carbonyl (C=O) groups is 1. The van der Waals surface area contributed by atoms with Gasteiger partial charge in [0.1, 0.15) is 0 Å². The molecule has 1 aromatic heterocycles. The van der Waals surface area contributed by atoms with Crippen molar-refractivity contribution in [1.82, 2.24) is 4.57 Å². The molecule has 0 radical (unpaired) electrons. The highest BCUT2D eigenvalue weighted by Crippen LogP contribution is 2.23. The van der Waals surface area contributed by atoms with Crippen LogP contribution in [-0.2, 0) is 21.3 Å². The number of aryl methyl sites for hydroxylation is 2. The SMILES string of the molecule is CCOCCn1c(=NC(=O)c2cccc(NS(=O)(=O)c3ccc(Cl)cc3)c2)sc2cc(C)c(C)cc21. The van der Waals surface area contributed by atoms with Crippen molar-refractivity contribution in [3.05, 3.63) is 87.2 Å². The average molecular weight is 544 g/mol. The number of hydrogen-bond acceptors (Lipinski definition) is 5. The standard InChI is InChI=1S/C26H26ClN3O4S2/c1-4-34-13-12-30-23-14-17(2)18(3)15-24(23)35-26(30)28-25(31)19-6-5-7-21(16-19)29-36(32,33)22-10-8-20(27)9-11-22/h5-11,14-16,29H,4,12-13H2,1-3H3. The van der Waals surface area contributed by atoms with Crippen LogP contribution in [0.3, 0.4) is 0 Å². The summed E-state index contributed by atoms with van der Waals surface area (Å²) < 4.78 is 36.5. The van der Waals surface area contributed by atoms with E-state index < -0.39 is 15.9 Å². The molecule has 1 amide bonds. The summed E-state index contributed by atoms with van der Waals surface area (Å²) in [5.41, 5.74) is 3.85. The van der Waals surface area contributed by atoms with Gasteiger partial charge in [-0.25, -0.2) is 8.42 Å². The van der Waals surface area contributed by atoms with Crippen LogP contribution in [0.4, 0.5) is 5.69 Å². The van der Waals surface area contributed by atoms with Crippen LogP contribution in [0.2, 0.25) is 5.02 Å². The minimum absolute atomic E-state index is 0.0690. The van der Waals surface area contributed by atoms with E-state index in [1.54, 1.807) is 18.2 Å². The fourth-order valence-electron chi connectivity index (χ4n) is 3.62. The molecule has 0 aliphatic heterocycles. The number of amides is 1. The number of carbonyl (C=O) groups excluding carboxylic acids is 1. The van der Waals surface area contributed by atoms with E-state index in [0.717, 1.165) is 15.8 Å². The van der Waals surface area contributed by atoms with Gasteiger partial charge in [0.15, 0.2) is 4.80 Å². The molecule has 7 nitrogen and oxygen atoms in total. The smallest absolute Gasteiger partial charge is 0.279 e. The summed E-state index contributed by atoms with van der Waals surface area (Å²) in [6, 6.07) is 16.3. The first-order valence-electron chi connectivity index (χ1n) is 11.3. The summed E-state index contributed by atoms with van der Waals surface area (Å²) in [5.74, 6) is -0.465. The maximum absolute atomic E-state index is 13.1. The molecule has 36 heavy (non-hydrogen) atoms. The van der Waals surface area contributed by atoms with Gasteiger partial charge >= 0.3 is 0 Å². The Labute approximate surface area is 219 Å². The molecule has 4 aromatic rings. The van der Waals surface area contributed by atoms with Gasteiger partial charge in [-0.15, -0.1) is 0 Å². The number of nitrogens with zero attached hydrogens (tertiary/aromatic N) is 2. The molecule has 0 bridgehead atoms. The molecule has 1 N–H and O–H groups in total. The summed E-state index contributed by atoms with van der Waals surface area (Å²) in [4.78, 5) is 18.2. The highest BCUT2D eigenvalue weighted by Gasteiger charge is 2.16. The number of sulfonamides is 1. The maximum Gasteiger partial charge on any atom is 0.279 e. The molecule has 0 saturated heterocycles. The number of thiazole rings is 1. The number of fused-ring (bicyclic) bond motifs is 1. The van der Waals surface area contributed by atoms with E-state index in [4.69, 9.17) is 16.3 Å². The van der Waals surface area contributed by atoms with E-state index in [2.05, 4.69) is 35.7 Å². The van der Waals surface area contributed by atoms with Gasteiger partial charge in [0.25, 0.3) is 15.9 Å². The van der Waals surface area contributed by atoms with Gasteiger partial charge in [0.05, 0.1) is 21.7 Å². The van der Waals surface area contributed by atoms with Crippen LogP contribution in [0.15, 0.2) is 70.6 Å². The Morgan fingerprint density at radius 1 is 1.08 bits per heavy atom. The molecule has 3 aromatic carbocycles. The van der Waals surface area contributed by atoms with E-state index in [1.165, 1.54) is 47.2 Å². The van der Waals surface area contributed by atoms with Crippen molar-refractivity contribution in [2.75, 3.05) is 17.9 Å². The maximum atomic E-state index is 13.1. The largest absolute Gasteiger partial charge is 0.380 e. The lowest BCUT2D eigenvalue weighted by atomic mass is 10.1. The van der Waals surface area contributed by atoms with Crippen LogP contribution < -0.4 is 9.52 Å². The van der Waals surface area contributed by atoms with E-state index in [0.29, 0.717) is 29.6 Å². The Balaban J connectivity index is 1.67. The van der Waals surface area contributed by atoms with Crippen LogP contribution >= 0.6 is 22.9 Å². The molecule has 0 saturated carbocycles. The summed E-state index contributed by atoms with van der Waals surface area (Å²) in [6.45, 7) is 7.70. The molecule has 0 unspecified atom stereocenters. The summed E-state index contributed by atoms with van der Waals surface area (Å²) in [6.07, 6.45) is 0. The molecule has 0 atom stereocenters. The topological polar surface area (TPSA) is 89.8 Å². The van der Waals surface area contributed by atoms with Gasteiger partial charge in [-0.2, -0.15) is 4.99 Å². The number of halogens is 1.